The molecule has 0 aliphatic heterocycles. The quantitative estimate of drug-likeness (QED) is 0.857. The molecule has 0 spiro atoms. The molecule has 1 heterocycles. The summed E-state index contributed by atoms with van der Waals surface area (Å²) in [7, 11) is 0. The lowest BCUT2D eigenvalue weighted by molar-refractivity contribution is -0.122. The number of hydrogen-bond acceptors (Lipinski definition) is 1. The molecule has 0 saturated heterocycles. The van der Waals surface area contributed by atoms with E-state index in [1.54, 1.807) is 6.07 Å². The number of H-pyrrole nitrogens is 1. The maximum atomic E-state index is 13.5. The molecule has 3 nitrogen and oxygen atoms in total. The van der Waals surface area contributed by atoms with E-state index in [0.29, 0.717) is 0 Å². The van der Waals surface area contributed by atoms with Gasteiger partial charge in [-0.1, -0.05) is 20.8 Å². The van der Waals surface area contributed by atoms with E-state index in [4.69, 9.17) is 0 Å². The van der Waals surface area contributed by atoms with Crippen molar-refractivity contribution in [2.45, 2.75) is 59.9 Å². The van der Waals surface area contributed by atoms with Crippen molar-refractivity contribution < 1.29 is 9.18 Å². The maximum Gasteiger partial charge on any atom is 0.224 e. The Balaban J connectivity index is 2.18. The predicted molar refractivity (Wildman–Crippen MR) is 93.0 cm³/mol. The Morgan fingerprint density at radius 2 is 1.87 bits per heavy atom. The fraction of sp³-hybridized carbons (Fsp3) is 0.526. The summed E-state index contributed by atoms with van der Waals surface area (Å²) in [6, 6.07) is 4.62. The lowest BCUT2D eigenvalue weighted by Crippen LogP contribution is -2.46. The van der Waals surface area contributed by atoms with E-state index >= 15 is 0 Å². The molecular weight excluding hydrogens is 291 g/mol. The van der Waals surface area contributed by atoms with Gasteiger partial charge in [-0.15, -0.1) is 0 Å². The van der Waals surface area contributed by atoms with Gasteiger partial charge in [0.1, 0.15) is 5.82 Å². The zero-order valence-electron chi connectivity index (χ0n) is 14.9. The van der Waals surface area contributed by atoms with Crippen molar-refractivity contribution in [3.63, 3.8) is 0 Å². The lowest BCUT2D eigenvalue weighted by atomic mass is 9.81. The van der Waals surface area contributed by atoms with Crippen LogP contribution in [-0.2, 0) is 11.2 Å². The normalized spacial score (nSPS) is 12.7. The van der Waals surface area contributed by atoms with E-state index in [-0.39, 0.29) is 29.1 Å². The van der Waals surface area contributed by atoms with E-state index in [0.717, 1.165) is 28.6 Å². The second-order valence-corrected chi connectivity index (χ2v) is 8.26. The van der Waals surface area contributed by atoms with Crippen LogP contribution in [0.1, 0.15) is 52.3 Å². The van der Waals surface area contributed by atoms with Crippen molar-refractivity contribution in [1.82, 2.24) is 10.3 Å². The molecule has 0 radical (unpaired) electrons. The highest BCUT2D eigenvalue weighted by molar-refractivity contribution is 5.90. The Morgan fingerprint density at radius 3 is 2.48 bits per heavy atom. The summed E-state index contributed by atoms with van der Waals surface area (Å²) in [4.78, 5) is 15.7. The fourth-order valence-corrected chi connectivity index (χ4v) is 3.53. The van der Waals surface area contributed by atoms with Gasteiger partial charge in [-0.2, -0.15) is 0 Å². The lowest BCUT2D eigenvalue weighted by Gasteiger charge is -2.33. The molecule has 126 valence electrons. The molecule has 0 unspecified atom stereocenters. The summed E-state index contributed by atoms with van der Waals surface area (Å²) in [5.74, 6) is -0.321. The van der Waals surface area contributed by atoms with Gasteiger partial charge in [0.25, 0.3) is 0 Å². The van der Waals surface area contributed by atoms with Gasteiger partial charge in [-0.25, -0.2) is 4.39 Å². The second kappa shape index (κ2) is 5.99. The summed E-state index contributed by atoms with van der Waals surface area (Å²) in [6.45, 7) is 12.5. The van der Waals surface area contributed by atoms with Gasteiger partial charge in [0.05, 0.1) is 6.42 Å². The summed E-state index contributed by atoms with van der Waals surface area (Å²) >= 11 is 0. The number of carbonyl (C=O) groups excluding carboxylic acids is 1. The van der Waals surface area contributed by atoms with Crippen molar-refractivity contribution >= 4 is 16.8 Å². The van der Waals surface area contributed by atoms with Crippen LogP contribution in [0, 0.1) is 18.2 Å². The fourth-order valence-electron chi connectivity index (χ4n) is 3.53. The van der Waals surface area contributed by atoms with Crippen LogP contribution in [0.3, 0.4) is 0 Å². The van der Waals surface area contributed by atoms with Crippen LogP contribution >= 0.6 is 0 Å². The highest BCUT2D eigenvalue weighted by Crippen LogP contribution is 2.27. The number of aromatic nitrogens is 1. The topological polar surface area (TPSA) is 44.9 Å². The van der Waals surface area contributed by atoms with Gasteiger partial charge < -0.3 is 10.3 Å². The first-order valence-electron chi connectivity index (χ1n) is 8.05. The van der Waals surface area contributed by atoms with Crippen molar-refractivity contribution in [3.8, 4) is 0 Å². The van der Waals surface area contributed by atoms with E-state index in [1.165, 1.54) is 12.1 Å². The molecule has 0 fully saturated rings. The van der Waals surface area contributed by atoms with Crippen molar-refractivity contribution in [1.29, 1.82) is 0 Å². The largest absolute Gasteiger partial charge is 0.358 e. The maximum absolute atomic E-state index is 13.5. The van der Waals surface area contributed by atoms with Crippen LogP contribution in [0.2, 0.25) is 0 Å². The van der Waals surface area contributed by atoms with E-state index in [1.807, 2.05) is 20.8 Å². The number of aromatic amines is 1. The number of hydrogen-bond donors (Lipinski definition) is 2. The average molecular weight is 318 g/mol. The zero-order valence-corrected chi connectivity index (χ0v) is 14.9. The summed E-state index contributed by atoms with van der Waals surface area (Å²) in [5, 5.41) is 3.89. The van der Waals surface area contributed by atoms with Crippen LogP contribution in [0.15, 0.2) is 18.2 Å². The molecule has 2 N–H and O–H groups in total. The molecule has 2 aromatic rings. The Hall–Kier alpha value is -1.84. The van der Waals surface area contributed by atoms with Gasteiger partial charge >= 0.3 is 0 Å². The minimum atomic E-state index is -0.286. The van der Waals surface area contributed by atoms with Crippen molar-refractivity contribution in [2.24, 2.45) is 5.41 Å². The van der Waals surface area contributed by atoms with E-state index < -0.39 is 0 Å². The molecule has 1 aromatic carbocycles. The monoisotopic (exact) mass is 318 g/mol. The molecule has 4 heteroatoms. The third-order valence-electron chi connectivity index (χ3n) is 3.87. The Kier molecular flexibility index (Phi) is 4.56. The number of benzene rings is 1. The molecule has 0 atom stereocenters. The second-order valence-electron chi connectivity index (χ2n) is 8.26. The van der Waals surface area contributed by atoms with Crippen molar-refractivity contribution in [2.75, 3.05) is 0 Å². The summed E-state index contributed by atoms with van der Waals surface area (Å²) in [6.07, 6.45) is 1.14. The molecule has 0 aliphatic rings. The van der Waals surface area contributed by atoms with Crippen LogP contribution < -0.4 is 5.32 Å². The minimum absolute atomic E-state index is 0.0347. The van der Waals surface area contributed by atoms with E-state index in [2.05, 4.69) is 31.1 Å². The first kappa shape index (κ1) is 17.5. The average Bonchev–Trinajstić information content (AvgIpc) is 2.62. The Morgan fingerprint density at radius 1 is 1.22 bits per heavy atom. The molecule has 1 amide bonds. The highest BCUT2D eigenvalue weighted by atomic mass is 19.1. The first-order valence-corrected chi connectivity index (χ1v) is 8.05. The molecule has 1 aromatic heterocycles. The van der Waals surface area contributed by atoms with Gasteiger partial charge in [-0.3, -0.25) is 4.79 Å². The van der Waals surface area contributed by atoms with Crippen molar-refractivity contribution in [3.05, 3.63) is 35.3 Å². The Labute approximate surface area is 137 Å². The molecular formula is C19H27FN2O. The SMILES string of the molecule is Cc1[nH]c2ccc(F)cc2c1CC(=O)NC(C)(C)CC(C)(C)C. The number of rotatable bonds is 4. The molecule has 0 aliphatic carbocycles. The van der Waals surface area contributed by atoms with Gasteiger partial charge in [-0.05, 0) is 56.4 Å². The summed E-state index contributed by atoms with van der Waals surface area (Å²) < 4.78 is 13.5. The number of nitrogens with one attached hydrogen (secondary N) is 2. The number of halogens is 1. The van der Waals surface area contributed by atoms with Crippen LogP contribution in [-0.4, -0.2) is 16.4 Å². The van der Waals surface area contributed by atoms with Crippen LogP contribution in [0.4, 0.5) is 4.39 Å². The minimum Gasteiger partial charge on any atom is -0.358 e. The smallest absolute Gasteiger partial charge is 0.224 e. The first-order chi connectivity index (χ1) is 10.5. The zero-order chi connectivity index (χ0) is 17.4. The van der Waals surface area contributed by atoms with Crippen LogP contribution in [0.5, 0.6) is 0 Å². The van der Waals surface area contributed by atoms with Gasteiger partial charge in [0, 0.05) is 22.1 Å². The van der Waals surface area contributed by atoms with Gasteiger partial charge in [0.15, 0.2) is 0 Å². The predicted octanol–water partition coefficient (Wildman–Crippen LogP) is 4.49. The molecule has 2 rings (SSSR count). The molecule has 0 bridgehead atoms. The Bertz CT molecular complexity index is 723. The van der Waals surface area contributed by atoms with Crippen LogP contribution in [0.25, 0.3) is 10.9 Å². The third kappa shape index (κ3) is 4.57. The van der Waals surface area contributed by atoms with Gasteiger partial charge in [0.2, 0.25) is 5.91 Å². The molecule has 23 heavy (non-hydrogen) atoms. The number of fused-ring (bicyclic) bond motifs is 1. The number of aryl methyl sites for hydroxylation is 1. The highest BCUT2D eigenvalue weighted by Gasteiger charge is 2.27. The number of carbonyl (C=O) groups is 1. The number of amides is 1. The van der Waals surface area contributed by atoms with E-state index in [9.17, 15) is 9.18 Å². The summed E-state index contributed by atoms with van der Waals surface area (Å²) in [5.41, 5.74) is 2.50. The third-order valence-corrected chi connectivity index (χ3v) is 3.87. The molecule has 0 saturated carbocycles. The standard InChI is InChI=1S/C19H27FN2O/c1-12-14(15-9-13(20)7-8-16(15)21-12)10-17(23)22-19(5,6)11-18(2,3)4/h7-9,21H,10-11H2,1-6H3,(H,22,23).